The van der Waals surface area contributed by atoms with Crippen molar-refractivity contribution in [1.29, 1.82) is 0 Å². The Bertz CT molecular complexity index is 964. The van der Waals surface area contributed by atoms with Crippen LogP contribution in [0.4, 0.5) is 4.79 Å². The molecule has 2 amide bonds. The van der Waals surface area contributed by atoms with Crippen LogP contribution in [-0.4, -0.2) is 41.6 Å². The number of ether oxygens (including phenoxy) is 2. The van der Waals surface area contributed by atoms with Gasteiger partial charge in [-0.3, -0.25) is 4.79 Å². The molecule has 3 N–H and O–H groups in total. The third kappa shape index (κ3) is 9.13. The molecule has 0 bridgehead atoms. The molecule has 0 aromatic heterocycles. The Hall–Kier alpha value is -2.18. The zero-order valence-electron chi connectivity index (χ0n) is 17.9. The van der Waals surface area contributed by atoms with Gasteiger partial charge in [0.1, 0.15) is 17.4 Å². The van der Waals surface area contributed by atoms with Crippen molar-refractivity contribution in [3.05, 3.63) is 61.6 Å². The number of amides is 2. The van der Waals surface area contributed by atoms with E-state index in [-0.39, 0.29) is 19.0 Å². The highest BCUT2D eigenvalue weighted by molar-refractivity contribution is 14.1. The molecule has 2 aromatic rings. The van der Waals surface area contributed by atoms with E-state index >= 15 is 0 Å². The second-order valence-electron chi connectivity index (χ2n) is 7.76. The molecule has 0 unspecified atom stereocenters. The normalized spacial score (nSPS) is 12.4. The quantitative estimate of drug-likeness (QED) is 0.232. The Labute approximate surface area is 209 Å². The number of nitrogens with zero attached hydrogens (tertiary/aromatic N) is 1. The summed E-state index contributed by atoms with van der Waals surface area (Å²) in [6, 6.07) is 11.8. The summed E-state index contributed by atoms with van der Waals surface area (Å²) in [6.07, 6.45) is 0.569. The van der Waals surface area contributed by atoms with Crippen LogP contribution in [0.3, 0.4) is 0 Å². The second kappa shape index (κ2) is 12.2. The fraction of sp³-hybridized carbons (Fsp3) is 0.318. The Kier molecular flexibility index (Phi) is 9.91. The van der Waals surface area contributed by atoms with Crippen LogP contribution >= 0.6 is 38.5 Å². The van der Waals surface area contributed by atoms with E-state index in [0.29, 0.717) is 9.13 Å². The fourth-order valence-electron chi connectivity index (χ4n) is 2.43. The standard InChI is InChI=1S/C22H25BrIN3O5/c1-22(2,3)32-21(30)26-18(13-31-12-14-7-5-4-6-8-14)20(29)27-25-11-15-9-16(23)10-17(24)19(15)28/h4-11,18,28H,12-13H2,1-3H3,(H,26,30)(H,27,29)/b25-11-/t18-/m0/s1. The average molecular weight is 618 g/mol. The molecule has 0 aliphatic heterocycles. The number of nitrogens with one attached hydrogen (secondary N) is 2. The van der Waals surface area contributed by atoms with E-state index in [0.717, 1.165) is 10.0 Å². The van der Waals surface area contributed by atoms with Gasteiger partial charge in [-0.1, -0.05) is 46.3 Å². The van der Waals surface area contributed by atoms with E-state index in [4.69, 9.17) is 9.47 Å². The van der Waals surface area contributed by atoms with Gasteiger partial charge in [-0.2, -0.15) is 5.10 Å². The van der Waals surface area contributed by atoms with Crippen LogP contribution < -0.4 is 10.7 Å². The summed E-state index contributed by atoms with van der Waals surface area (Å²) in [7, 11) is 0. The molecule has 0 saturated heterocycles. The van der Waals surface area contributed by atoms with Gasteiger partial charge < -0.3 is 19.9 Å². The second-order valence-corrected chi connectivity index (χ2v) is 9.84. The molecule has 0 fully saturated rings. The number of carbonyl (C=O) groups excluding carboxylic acids is 2. The molecular formula is C22H25BrIN3O5. The number of aromatic hydroxyl groups is 1. The van der Waals surface area contributed by atoms with Crippen molar-refractivity contribution in [1.82, 2.24) is 10.7 Å². The first kappa shape index (κ1) is 26.1. The average Bonchev–Trinajstić information content (AvgIpc) is 2.70. The number of hydrogen-bond acceptors (Lipinski definition) is 6. The van der Waals surface area contributed by atoms with Crippen LogP contribution in [0.15, 0.2) is 52.0 Å². The molecule has 2 aromatic carbocycles. The first-order valence-corrected chi connectivity index (χ1v) is 11.5. The van der Waals surface area contributed by atoms with E-state index < -0.39 is 23.6 Å². The highest BCUT2D eigenvalue weighted by Crippen LogP contribution is 2.27. The van der Waals surface area contributed by atoms with E-state index in [1.165, 1.54) is 6.21 Å². The number of carbonyl (C=O) groups is 2. The molecule has 172 valence electrons. The molecule has 0 heterocycles. The minimum atomic E-state index is -1.04. The molecule has 8 nitrogen and oxygen atoms in total. The Morgan fingerprint density at radius 2 is 1.94 bits per heavy atom. The maximum Gasteiger partial charge on any atom is 0.408 e. The van der Waals surface area contributed by atoms with E-state index in [1.807, 2.05) is 52.9 Å². The number of halogens is 2. The lowest BCUT2D eigenvalue weighted by atomic mass is 10.2. The van der Waals surface area contributed by atoms with Crippen molar-refractivity contribution in [3.63, 3.8) is 0 Å². The fourth-order valence-corrected chi connectivity index (χ4v) is 3.98. The number of phenols is 1. The summed E-state index contributed by atoms with van der Waals surface area (Å²) in [5.41, 5.74) is 3.00. The third-order valence-corrected chi connectivity index (χ3v) is 5.12. The summed E-state index contributed by atoms with van der Waals surface area (Å²) < 4.78 is 12.2. The maximum atomic E-state index is 12.6. The van der Waals surface area contributed by atoms with Gasteiger partial charge in [-0.25, -0.2) is 10.2 Å². The monoisotopic (exact) mass is 617 g/mol. The number of phenolic OH excluding ortho intramolecular Hbond substituents is 1. The zero-order valence-corrected chi connectivity index (χ0v) is 21.6. The third-order valence-electron chi connectivity index (χ3n) is 3.84. The topological polar surface area (TPSA) is 109 Å². The number of hydrogen-bond donors (Lipinski definition) is 3. The summed E-state index contributed by atoms with van der Waals surface area (Å²) in [6.45, 7) is 5.36. The molecule has 0 spiro atoms. The minimum Gasteiger partial charge on any atom is -0.506 e. The number of hydrazone groups is 1. The SMILES string of the molecule is CC(C)(C)OC(=O)N[C@@H](COCc1ccccc1)C(=O)N/N=C\c1cc(Br)cc(I)c1O. The van der Waals surface area contributed by atoms with Gasteiger partial charge in [0.15, 0.2) is 0 Å². The van der Waals surface area contributed by atoms with Crippen molar-refractivity contribution in [2.45, 2.75) is 39.0 Å². The van der Waals surface area contributed by atoms with Crippen molar-refractivity contribution in [2.75, 3.05) is 6.61 Å². The van der Waals surface area contributed by atoms with Gasteiger partial charge in [0.2, 0.25) is 0 Å². The van der Waals surface area contributed by atoms with E-state index in [1.54, 1.807) is 32.9 Å². The van der Waals surface area contributed by atoms with Gasteiger partial charge in [0.05, 0.1) is 23.0 Å². The zero-order chi connectivity index (χ0) is 23.7. The van der Waals surface area contributed by atoms with Crippen LogP contribution in [0.25, 0.3) is 0 Å². The molecule has 2 rings (SSSR count). The molecule has 0 saturated carbocycles. The van der Waals surface area contributed by atoms with Crippen LogP contribution in [0.1, 0.15) is 31.9 Å². The predicted octanol–water partition coefficient (Wildman–Crippen LogP) is 4.32. The van der Waals surface area contributed by atoms with Gasteiger partial charge in [-0.05, 0) is 61.1 Å². The molecule has 0 aliphatic carbocycles. The minimum absolute atomic E-state index is 0.0430. The van der Waals surface area contributed by atoms with E-state index in [2.05, 4.69) is 31.8 Å². The highest BCUT2D eigenvalue weighted by Gasteiger charge is 2.24. The Morgan fingerprint density at radius 3 is 2.59 bits per heavy atom. The van der Waals surface area contributed by atoms with Gasteiger partial charge >= 0.3 is 6.09 Å². The van der Waals surface area contributed by atoms with Gasteiger partial charge in [-0.15, -0.1) is 0 Å². The smallest absolute Gasteiger partial charge is 0.408 e. The van der Waals surface area contributed by atoms with Crippen LogP contribution in [0.5, 0.6) is 5.75 Å². The predicted molar refractivity (Wildman–Crippen MR) is 134 cm³/mol. The van der Waals surface area contributed by atoms with Crippen LogP contribution in [-0.2, 0) is 20.9 Å². The van der Waals surface area contributed by atoms with Crippen molar-refractivity contribution >= 4 is 56.7 Å². The van der Waals surface area contributed by atoms with Crippen LogP contribution in [0, 0.1) is 3.57 Å². The van der Waals surface area contributed by atoms with E-state index in [9.17, 15) is 14.7 Å². The summed E-state index contributed by atoms with van der Waals surface area (Å²) in [4.78, 5) is 24.8. The van der Waals surface area contributed by atoms with Crippen LogP contribution in [0.2, 0.25) is 0 Å². The summed E-state index contributed by atoms with van der Waals surface area (Å²) in [5, 5.41) is 16.5. The first-order chi connectivity index (χ1) is 15.0. The molecular weight excluding hydrogens is 593 g/mol. The van der Waals surface area contributed by atoms with Crippen molar-refractivity contribution in [3.8, 4) is 5.75 Å². The lowest BCUT2D eigenvalue weighted by Crippen LogP contribution is -2.49. The van der Waals surface area contributed by atoms with Crippen molar-refractivity contribution < 1.29 is 24.2 Å². The summed E-state index contributed by atoms with van der Waals surface area (Å²) in [5.74, 6) is -0.550. The molecule has 10 heteroatoms. The highest BCUT2D eigenvalue weighted by atomic mass is 127. The lowest BCUT2D eigenvalue weighted by Gasteiger charge is -2.22. The number of alkyl carbamates (subject to hydrolysis) is 1. The maximum absolute atomic E-state index is 12.6. The lowest BCUT2D eigenvalue weighted by molar-refractivity contribution is -0.124. The molecule has 0 radical (unpaired) electrons. The van der Waals surface area contributed by atoms with Gasteiger partial charge in [0.25, 0.3) is 5.91 Å². The Balaban J connectivity index is 2.04. The molecule has 0 aliphatic rings. The van der Waals surface area contributed by atoms with Crippen molar-refractivity contribution in [2.24, 2.45) is 5.10 Å². The number of rotatable bonds is 8. The summed E-state index contributed by atoms with van der Waals surface area (Å²) >= 11 is 5.33. The first-order valence-electron chi connectivity index (χ1n) is 9.67. The largest absolute Gasteiger partial charge is 0.506 e. The van der Waals surface area contributed by atoms with Gasteiger partial charge in [0, 0.05) is 10.0 Å². The Morgan fingerprint density at radius 1 is 1.25 bits per heavy atom. The molecule has 32 heavy (non-hydrogen) atoms. The number of benzene rings is 2. The molecule has 1 atom stereocenters.